The molecule has 0 bridgehead atoms. The van der Waals surface area contributed by atoms with Crippen LogP contribution in [0.5, 0.6) is 5.75 Å². The van der Waals surface area contributed by atoms with Crippen molar-refractivity contribution in [1.29, 1.82) is 0 Å². The van der Waals surface area contributed by atoms with Gasteiger partial charge in [0, 0.05) is 31.1 Å². The highest BCUT2D eigenvalue weighted by Crippen LogP contribution is 2.29. The smallest absolute Gasteiger partial charge is 0.251 e. The number of nitrogens with one attached hydrogen (secondary N) is 1. The molecule has 2 amide bonds. The molecule has 2 aromatic rings. The van der Waals surface area contributed by atoms with Gasteiger partial charge < -0.3 is 15.0 Å². The summed E-state index contributed by atoms with van der Waals surface area (Å²) < 4.78 is 5.20. The van der Waals surface area contributed by atoms with Crippen molar-refractivity contribution in [3.63, 3.8) is 0 Å². The number of carbonyl (C=O) groups is 2. The van der Waals surface area contributed by atoms with Crippen LogP contribution in [0, 0.1) is 0 Å². The second-order valence-corrected chi connectivity index (χ2v) is 8.93. The first kappa shape index (κ1) is 21.9. The van der Waals surface area contributed by atoms with E-state index >= 15 is 0 Å². The van der Waals surface area contributed by atoms with Gasteiger partial charge in [-0.2, -0.15) is 0 Å². The fraction of sp³-hybridized carbons (Fsp3) is 0.440. The third kappa shape index (κ3) is 5.85. The lowest BCUT2D eigenvalue weighted by Gasteiger charge is -2.23. The summed E-state index contributed by atoms with van der Waals surface area (Å²) in [6.07, 6.45) is 2.40. The Hall–Kier alpha value is -2.82. The van der Waals surface area contributed by atoms with Crippen LogP contribution in [-0.4, -0.2) is 36.4 Å². The lowest BCUT2D eigenvalue weighted by Crippen LogP contribution is -2.35. The van der Waals surface area contributed by atoms with E-state index in [4.69, 9.17) is 4.74 Å². The molecule has 0 saturated heterocycles. The summed E-state index contributed by atoms with van der Waals surface area (Å²) in [5.41, 5.74) is 2.94. The number of methoxy groups -OCH3 is 1. The molecule has 0 radical (unpaired) electrons. The number of ether oxygens (including phenoxy) is 1. The zero-order chi connectivity index (χ0) is 21.7. The average molecular weight is 409 g/mol. The first-order valence-electron chi connectivity index (χ1n) is 10.6. The Labute approximate surface area is 179 Å². The SMILES string of the molecule is COc1ccc(CN(C(=O)CCNC(=O)c2ccc(C(C)(C)C)cc2)C2CC2)cc1. The normalized spacial score (nSPS) is 13.6. The summed E-state index contributed by atoms with van der Waals surface area (Å²) in [6, 6.07) is 15.8. The molecule has 0 atom stereocenters. The second kappa shape index (κ2) is 9.33. The Morgan fingerprint density at radius 3 is 2.20 bits per heavy atom. The molecule has 1 aliphatic carbocycles. The van der Waals surface area contributed by atoms with Gasteiger partial charge in [0.1, 0.15) is 5.75 Å². The highest BCUT2D eigenvalue weighted by molar-refractivity contribution is 5.94. The van der Waals surface area contributed by atoms with Crippen molar-refractivity contribution in [3.8, 4) is 5.75 Å². The van der Waals surface area contributed by atoms with Gasteiger partial charge in [0.15, 0.2) is 0 Å². The Kier molecular flexibility index (Phi) is 6.80. The van der Waals surface area contributed by atoms with Crippen molar-refractivity contribution in [2.24, 2.45) is 0 Å². The number of carbonyl (C=O) groups excluding carboxylic acids is 2. The number of amides is 2. The molecule has 3 rings (SSSR count). The highest BCUT2D eigenvalue weighted by Gasteiger charge is 2.32. The van der Waals surface area contributed by atoms with Crippen molar-refractivity contribution in [2.45, 2.75) is 58.0 Å². The van der Waals surface area contributed by atoms with Crippen molar-refractivity contribution < 1.29 is 14.3 Å². The molecule has 1 saturated carbocycles. The molecule has 0 unspecified atom stereocenters. The third-order valence-corrected chi connectivity index (χ3v) is 5.46. The number of rotatable bonds is 8. The van der Waals surface area contributed by atoms with Gasteiger partial charge in [-0.05, 0) is 53.6 Å². The molecule has 2 aromatic carbocycles. The first-order chi connectivity index (χ1) is 14.3. The zero-order valence-electron chi connectivity index (χ0n) is 18.4. The van der Waals surface area contributed by atoms with Gasteiger partial charge in [-0.25, -0.2) is 0 Å². The van der Waals surface area contributed by atoms with Crippen molar-refractivity contribution in [3.05, 3.63) is 65.2 Å². The van der Waals surface area contributed by atoms with Gasteiger partial charge in [-0.3, -0.25) is 9.59 Å². The summed E-state index contributed by atoms with van der Waals surface area (Å²) >= 11 is 0. The van der Waals surface area contributed by atoms with E-state index < -0.39 is 0 Å². The number of benzene rings is 2. The average Bonchev–Trinajstić information content (AvgIpc) is 3.57. The minimum atomic E-state index is -0.142. The molecule has 0 aromatic heterocycles. The molecule has 1 fully saturated rings. The predicted molar refractivity (Wildman–Crippen MR) is 119 cm³/mol. The van der Waals surface area contributed by atoms with Crippen LogP contribution in [0.25, 0.3) is 0 Å². The first-order valence-corrected chi connectivity index (χ1v) is 10.6. The molecule has 0 aliphatic heterocycles. The predicted octanol–water partition coefficient (Wildman–Crippen LogP) is 4.30. The maximum absolute atomic E-state index is 12.8. The van der Waals surface area contributed by atoms with Gasteiger partial charge in [-0.15, -0.1) is 0 Å². The van der Waals surface area contributed by atoms with Crippen molar-refractivity contribution >= 4 is 11.8 Å². The quantitative estimate of drug-likeness (QED) is 0.708. The lowest BCUT2D eigenvalue weighted by atomic mass is 9.87. The number of nitrogens with zero attached hydrogens (tertiary/aromatic N) is 1. The van der Waals surface area contributed by atoms with Crippen LogP contribution in [-0.2, 0) is 16.8 Å². The van der Waals surface area contributed by atoms with Crippen LogP contribution < -0.4 is 10.1 Å². The van der Waals surface area contributed by atoms with Crippen LogP contribution in [0.3, 0.4) is 0 Å². The van der Waals surface area contributed by atoms with Gasteiger partial charge in [0.2, 0.25) is 5.91 Å². The fourth-order valence-electron chi connectivity index (χ4n) is 3.38. The standard InChI is InChI=1S/C25H32N2O3/c1-25(2,3)20-9-7-19(8-10-20)24(29)26-16-15-23(28)27(21-11-12-21)17-18-5-13-22(30-4)14-6-18/h5-10,13-14,21H,11-12,15-17H2,1-4H3,(H,26,29). The lowest BCUT2D eigenvalue weighted by molar-refractivity contribution is -0.132. The summed E-state index contributed by atoms with van der Waals surface area (Å²) in [4.78, 5) is 27.1. The summed E-state index contributed by atoms with van der Waals surface area (Å²) in [5.74, 6) is 0.745. The Balaban J connectivity index is 1.51. The van der Waals surface area contributed by atoms with E-state index in [1.165, 1.54) is 5.56 Å². The summed E-state index contributed by atoms with van der Waals surface area (Å²) in [5, 5.41) is 2.88. The van der Waals surface area contributed by atoms with Crippen molar-refractivity contribution in [2.75, 3.05) is 13.7 Å². The number of hydrogen-bond acceptors (Lipinski definition) is 3. The van der Waals surface area contributed by atoms with E-state index in [-0.39, 0.29) is 17.2 Å². The minimum Gasteiger partial charge on any atom is -0.497 e. The van der Waals surface area contributed by atoms with E-state index in [1.54, 1.807) is 7.11 Å². The molecule has 5 heteroatoms. The third-order valence-electron chi connectivity index (χ3n) is 5.46. The monoisotopic (exact) mass is 408 g/mol. The maximum atomic E-state index is 12.8. The van der Waals surface area contributed by atoms with Crippen LogP contribution in [0.4, 0.5) is 0 Å². The van der Waals surface area contributed by atoms with Crippen LogP contribution >= 0.6 is 0 Å². The van der Waals surface area contributed by atoms with Gasteiger partial charge in [0.25, 0.3) is 5.91 Å². The fourth-order valence-corrected chi connectivity index (χ4v) is 3.38. The summed E-state index contributed by atoms with van der Waals surface area (Å²) in [6.45, 7) is 7.36. The van der Waals surface area contributed by atoms with E-state index in [0.717, 1.165) is 24.2 Å². The minimum absolute atomic E-state index is 0.0532. The zero-order valence-corrected chi connectivity index (χ0v) is 18.4. The Bertz CT molecular complexity index is 863. The Morgan fingerprint density at radius 2 is 1.67 bits per heavy atom. The molecule has 30 heavy (non-hydrogen) atoms. The Morgan fingerprint density at radius 1 is 1.03 bits per heavy atom. The number of hydrogen-bond donors (Lipinski definition) is 1. The van der Waals surface area contributed by atoms with Gasteiger partial charge >= 0.3 is 0 Å². The molecule has 0 spiro atoms. The van der Waals surface area contributed by atoms with E-state index in [1.807, 2.05) is 53.4 Å². The molecule has 1 N–H and O–H groups in total. The van der Waals surface area contributed by atoms with Crippen LogP contribution in [0.1, 0.15) is 61.5 Å². The highest BCUT2D eigenvalue weighted by atomic mass is 16.5. The van der Waals surface area contributed by atoms with Gasteiger partial charge in [0.05, 0.1) is 7.11 Å². The molecular formula is C25H32N2O3. The topological polar surface area (TPSA) is 58.6 Å². The molecule has 5 nitrogen and oxygen atoms in total. The van der Waals surface area contributed by atoms with E-state index in [0.29, 0.717) is 31.1 Å². The molecule has 0 heterocycles. The maximum Gasteiger partial charge on any atom is 0.251 e. The largest absolute Gasteiger partial charge is 0.497 e. The second-order valence-electron chi connectivity index (χ2n) is 8.93. The van der Waals surface area contributed by atoms with Crippen LogP contribution in [0.2, 0.25) is 0 Å². The van der Waals surface area contributed by atoms with E-state index in [9.17, 15) is 9.59 Å². The van der Waals surface area contributed by atoms with Crippen molar-refractivity contribution in [1.82, 2.24) is 10.2 Å². The molecule has 1 aliphatic rings. The molecule has 160 valence electrons. The molecular weight excluding hydrogens is 376 g/mol. The van der Waals surface area contributed by atoms with Gasteiger partial charge in [-0.1, -0.05) is 45.0 Å². The van der Waals surface area contributed by atoms with E-state index in [2.05, 4.69) is 26.1 Å². The summed E-state index contributed by atoms with van der Waals surface area (Å²) in [7, 11) is 1.64. The van der Waals surface area contributed by atoms with Crippen LogP contribution in [0.15, 0.2) is 48.5 Å².